The Morgan fingerprint density at radius 1 is 0.455 bits per heavy atom. The fourth-order valence-corrected chi connectivity index (χ4v) is 7.64. The second kappa shape index (κ2) is 15.0. The van der Waals surface area contributed by atoms with Gasteiger partial charge in [-0.25, -0.2) is 0 Å². The van der Waals surface area contributed by atoms with E-state index in [9.17, 15) is 0 Å². The van der Waals surface area contributed by atoms with Crippen molar-refractivity contribution in [3.8, 4) is 33.8 Å². The second-order valence-corrected chi connectivity index (χ2v) is 14.8. The van der Waals surface area contributed by atoms with Gasteiger partial charge in [-0.05, 0) is 88.5 Å². The SMILES string of the molecule is CC(C)(C)c1ccc2c(c1)c1ccccc1n2-c1cccc(-c2cccc(-n3c4ccccc4c4ccccc43)c2)c1.[Ir].[c-]1ccccc1-c1ccccn1. The first kappa shape index (κ1) is 35.9. The average molecular weight is 887 g/mol. The predicted octanol–water partition coefficient (Wildman–Crippen LogP) is 13.4. The first-order valence-corrected chi connectivity index (χ1v) is 18.6. The Hall–Kier alpha value is -6.06. The first-order valence-electron chi connectivity index (χ1n) is 18.6. The Morgan fingerprint density at radius 2 is 0.964 bits per heavy atom. The van der Waals surface area contributed by atoms with Crippen LogP contribution in [0.4, 0.5) is 0 Å². The van der Waals surface area contributed by atoms with Crippen molar-refractivity contribution in [2.45, 2.75) is 26.2 Å². The molecule has 4 heteroatoms. The van der Waals surface area contributed by atoms with Gasteiger partial charge in [0.15, 0.2) is 0 Å². The van der Waals surface area contributed by atoms with E-state index >= 15 is 0 Å². The molecule has 10 aromatic rings. The zero-order valence-corrected chi connectivity index (χ0v) is 33.5. The van der Waals surface area contributed by atoms with Crippen LogP contribution in [-0.2, 0) is 25.5 Å². The van der Waals surface area contributed by atoms with Crippen molar-refractivity contribution < 1.29 is 20.1 Å². The fourth-order valence-electron chi connectivity index (χ4n) is 7.64. The van der Waals surface area contributed by atoms with Crippen molar-refractivity contribution in [2.24, 2.45) is 0 Å². The van der Waals surface area contributed by atoms with E-state index in [4.69, 9.17) is 0 Å². The minimum absolute atomic E-state index is 0. The van der Waals surface area contributed by atoms with E-state index in [1.807, 2.05) is 42.5 Å². The molecule has 0 fully saturated rings. The topological polar surface area (TPSA) is 22.8 Å². The number of rotatable bonds is 4. The summed E-state index contributed by atoms with van der Waals surface area (Å²) < 4.78 is 4.80. The standard InChI is InChI=1S/C40H32N2.C11H8N.Ir/c1-40(2,3)29-22-23-39-35(26-29)34-18-6-9-21-38(34)42(39)31-15-11-13-28(25-31)27-12-10-14-30(24-27)41-36-19-7-4-16-32(36)33-17-5-8-20-37(33)41;1-2-6-10(7-3-1)11-8-4-5-9-12-11;/h4-26H,1-3H3;1-6,8-9H;/q;-1;. The summed E-state index contributed by atoms with van der Waals surface area (Å²) in [5.74, 6) is 0. The number of hydrogen-bond acceptors (Lipinski definition) is 1. The van der Waals surface area contributed by atoms with Crippen LogP contribution in [0.3, 0.4) is 0 Å². The summed E-state index contributed by atoms with van der Waals surface area (Å²) in [7, 11) is 0. The molecule has 3 aromatic heterocycles. The molecule has 3 heterocycles. The van der Waals surface area contributed by atoms with Crippen LogP contribution in [0, 0.1) is 6.07 Å². The Labute approximate surface area is 335 Å². The van der Waals surface area contributed by atoms with Crippen molar-refractivity contribution in [3.05, 3.63) is 200 Å². The van der Waals surface area contributed by atoms with Crippen molar-refractivity contribution >= 4 is 43.6 Å². The molecule has 1 radical (unpaired) electrons. The van der Waals surface area contributed by atoms with E-state index in [1.54, 1.807) is 6.20 Å². The summed E-state index contributed by atoms with van der Waals surface area (Å²) in [6, 6.07) is 67.8. The Balaban J connectivity index is 0.000000280. The monoisotopic (exact) mass is 887 g/mol. The van der Waals surface area contributed by atoms with Gasteiger partial charge in [0.25, 0.3) is 0 Å². The predicted molar refractivity (Wildman–Crippen MR) is 228 cm³/mol. The molecule has 0 aliphatic carbocycles. The van der Waals surface area contributed by atoms with E-state index in [-0.39, 0.29) is 25.5 Å². The zero-order chi connectivity index (χ0) is 36.6. The molecule has 0 N–H and O–H groups in total. The summed E-state index contributed by atoms with van der Waals surface area (Å²) in [4.78, 5) is 4.22. The third-order valence-electron chi connectivity index (χ3n) is 10.3. The van der Waals surface area contributed by atoms with Gasteiger partial charge in [-0.3, -0.25) is 0 Å². The molecule has 0 amide bonds. The number of fused-ring (bicyclic) bond motifs is 6. The zero-order valence-electron chi connectivity index (χ0n) is 31.1. The van der Waals surface area contributed by atoms with Gasteiger partial charge in [0.05, 0.1) is 22.1 Å². The van der Waals surface area contributed by atoms with E-state index in [1.165, 1.54) is 71.7 Å². The van der Waals surface area contributed by atoms with Gasteiger partial charge < -0.3 is 14.1 Å². The third-order valence-corrected chi connectivity index (χ3v) is 10.3. The summed E-state index contributed by atoms with van der Waals surface area (Å²) in [5, 5.41) is 5.15. The molecule has 269 valence electrons. The van der Waals surface area contributed by atoms with Crippen LogP contribution >= 0.6 is 0 Å². The molecule has 55 heavy (non-hydrogen) atoms. The number of pyridine rings is 1. The summed E-state index contributed by atoms with van der Waals surface area (Å²) in [6.45, 7) is 6.85. The molecule has 7 aromatic carbocycles. The summed E-state index contributed by atoms with van der Waals surface area (Å²) >= 11 is 0. The fraction of sp³-hybridized carbons (Fsp3) is 0.0784. The Bertz CT molecular complexity index is 2820. The molecule has 0 saturated carbocycles. The maximum absolute atomic E-state index is 4.22. The maximum atomic E-state index is 4.22. The van der Waals surface area contributed by atoms with E-state index in [0.29, 0.717) is 0 Å². The minimum Gasteiger partial charge on any atom is -0.309 e. The van der Waals surface area contributed by atoms with Crippen LogP contribution in [0.5, 0.6) is 0 Å². The molecule has 0 bridgehead atoms. The third kappa shape index (κ3) is 6.80. The van der Waals surface area contributed by atoms with Crippen LogP contribution in [0.25, 0.3) is 77.4 Å². The van der Waals surface area contributed by atoms with Gasteiger partial charge in [-0.1, -0.05) is 118 Å². The molecule has 0 saturated heterocycles. The molecular formula is C51H40IrN3-. The van der Waals surface area contributed by atoms with Crippen LogP contribution in [0.2, 0.25) is 0 Å². The molecule has 0 unspecified atom stereocenters. The van der Waals surface area contributed by atoms with E-state index < -0.39 is 0 Å². The minimum atomic E-state index is 0. The molecule has 0 aliphatic rings. The van der Waals surface area contributed by atoms with Crippen LogP contribution in [0.1, 0.15) is 26.3 Å². The van der Waals surface area contributed by atoms with Gasteiger partial charge in [-0.2, -0.15) is 0 Å². The molecule has 3 nitrogen and oxygen atoms in total. The van der Waals surface area contributed by atoms with Gasteiger partial charge in [0.2, 0.25) is 0 Å². The molecule has 0 aliphatic heterocycles. The van der Waals surface area contributed by atoms with Crippen molar-refractivity contribution in [2.75, 3.05) is 0 Å². The van der Waals surface area contributed by atoms with Crippen molar-refractivity contribution in [3.63, 3.8) is 0 Å². The molecular weight excluding hydrogens is 847 g/mol. The van der Waals surface area contributed by atoms with Crippen molar-refractivity contribution in [1.82, 2.24) is 14.1 Å². The van der Waals surface area contributed by atoms with Crippen LogP contribution in [0.15, 0.2) is 188 Å². The van der Waals surface area contributed by atoms with E-state index in [0.717, 1.165) is 11.3 Å². The first-order chi connectivity index (χ1) is 26.4. The van der Waals surface area contributed by atoms with Crippen LogP contribution < -0.4 is 0 Å². The number of nitrogens with zero attached hydrogens (tertiary/aromatic N) is 3. The second-order valence-electron chi connectivity index (χ2n) is 14.8. The quantitative estimate of drug-likeness (QED) is 0.161. The number of para-hydroxylation sites is 3. The molecule has 10 rings (SSSR count). The smallest absolute Gasteiger partial charge is 0.0541 e. The Kier molecular flexibility index (Phi) is 9.80. The van der Waals surface area contributed by atoms with Gasteiger partial charge in [0.1, 0.15) is 0 Å². The van der Waals surface area contributed by atoms with Gasteiger partial charge in [-0.15, -0.1) is 35.9 Å². The van der Waals surface area contributed by atoms with Gasteiger partial charge >= 0.3 is 0 Å². The normalized spacial score (nSPS) is 11.4. The summed E-state index contributed by atoms with van der Waals surface area (Å²) in [6.07, 6.45) is 1.79. The summed E-state index contributed by atoms with van der Waals surface area (Å²) in [5.41, 5.74) is 13.1. The average Bonchev–Trinajstić information content (AvgIpc) is 3.74. The number of aromatic nitrogens is 3. The number of benzene rings is 7. The van der Waals surface area contributed by atoms with Crippen LogP contribution in [-0.4, -0.2) is 14.1 Å². The molecule has 0 spiro atoms. The van der Waals surface area contributed by atoms with E-state index in [2.05, 4.69) is 180 Å². The molecule has 0 atom stereocenters. The van der Waals surface area contributed by atoms with Crippen molar-refractivity contribution in [1.29, 1.82) is 0 Å². The largest absolute Gasteiger partial charge is 0.309 e. The number of hydrogen-bond donors (Lipinski definition) is 0. The van der Waals surface area contributed by atoms with Gasteiger partial charge in [0, 0.05) is 59.2 Å². The maximum Gasteiger partial charge on any atom is 0.0541 e. The Morgan fingerprint density at radius 3 is 1.47 bits per heavy atom.